The van der Waals surface area contributed by atoms with Gasteiger partial charge >= 0.3 is 0 Å². The van der Waals surface area contributed by atoms with Crippen LogP contribution in [-0.2, 0) is 0 Å². The molecular weight excluding hydrogens is 260 g/mol. The van der Waals surface area contributed by atoms with Crippen LogP contribution in [0.3, 0.4) is 0 Å². The van der Waals surface area contributed by atoms with Gasteiger partial charge in [-0.15, -0.1) is 0 Å². The van der Waals surface area contributed by atoms with Gasteiger partial charge in [0.05, 0.1) is 0 Å². The number of nitrogen functional groups attached to an aromatic ring is 1. The van der Waals surface area contributed by atoms with E-state index in [1.165, 1.54) is 11.1 Å². The lowest BCUT2D eigenvalue weighted by molar-refractivity contribution is 1.23. The van der Waals surface area contributed by atoms with Gasteiger partial charge in [-0.2, -0.15) is 0 Å². The second kappa shape index (κ2) is 6.07. The smallest absolute Gasteiger partial charge is 0.141 e. The molecule has 21 heavy (non-hydrogen) atoms. The SMILES string of the molecule is NNc1cc(Nc2ccc(-c3ccccc3)cc2)ccn1. The zero-order valence-electron chi connectivity index (χ0n) is 11.5. The predicted molar refractivity (Wildman–Crippen MR) is 87.2 cm³/mol. The summed E-state index contributed by atoms with van der Waals surface area (Å²) in [6, 6.07) is 22.4. The van der Waals surface area contributed by atoms with Crippen LogP contribution in [0.1, 0.15) is 0 Å². The maximum Gasteiger partial charge on any atom is 0.141 e. The second-order valence-electron chi connectivity index (χ2n) is 4.64. The van der Waals surface area contributed by atoms with Gasteiger partial charge in [-0.3, -0.25) is 0 Å². The Morgan fingerprint density at radius 3 is 2.19 bits per heavy atom. The molecule has 4 N–H and O–H groups in total. The standard InChI is InChI=1S/C17H16N4/c18-21-17-12-16(10-11-19-17)20-15-8-6-14(7-9-15)13-4-2-1-3-5-13/h1-12H,18H2,(H2,19,20,21). The summed E-state index contributed by atoms with van der Waals surface area (Å²) in [6.45, 7) is 0. The van der Waals surface area contributed by atoms with Gasteiger partial charge in [0.1, 0.15) is 5.82 Å². The number of benzene rings is 2. The molecule has 0 aliphatic rings. The van der Waals surface area contributed by atoms with E-state index in [2.05, 4.69) is 52.1 Å². The lowest BCUT2D eigenvalue weighted by Crippen LogP contribution is -2.08. The van der Waals surface area contributed by atoms with Crippen LogP contribution >= 0.6 is 0 Å². The average Bonchev–Trinajstić information content (AvgIpc) is 2.56. The molecule has 0 aliphatic carbocycles. The molecule has 4 heteroatoms. The van der Waals surface area contributed by atoms with Gasteiger partial charge in [0.15, 0.2) is 0 Å². The van der Waals surface area contributed by atoms with Crippen molar-refractivity contribution in [1.29, 1.82) is 0 Å². The molecule has 0 unspecified atom stereocenters. The molecular formula is C17H16N4. The average molecular weight is 276 g/mol. The van der Waals surface area contributed by atoms with Gasteiger partial charge in [0, 0.05) is 23.6 Å². The Kier molecular flexibility index (Phi) is 3.80. The highest BCUT2D eigenvalue weighted by Gasteiger charge is 1.99. The molecule has 0 saturated carbocycles. The fourth-order valence-corrected chi connectivity index (χ4v) is 2.13. The van der Waals surface area contributed by atoms with Crippen LogP contribution in [0.2, 0.25) is 0 Å². The maximum absolute atomic E-state index is 5.36. The predicted octanol–water partition coefficient (Wildman–Crippen LogP) is 3.78. The van der Waals surface area contributed by atoms with Crippen LogP contribution in [0.5, 0.6) is 0 Å². The molecule has 3 rings (SSSR count). The summed E-state index contributed by atoms with van der Waals surface area (Å²) < 4.78 is 0. The van der Waals surface area contributed by atoms with Crippen LogP contribution in [0.15, 0.2) is 72.9 Å². The van der Waals surface area contributed by atoms with Crippen molar-refractivity contribution in [3.05, 3.63) is 72.9 Å². The Morgan fingerprint density at radius 1 is 0.762 bits per heavy atom. The fraction of sp³-hybridized carbons (Fsp3) is 0. The van der Waals surface area contributed by atoms with Crippen molar-refractivity contribution in [3.63, 3.8) is 0 Å². The lowest BCUT2D eigenvalue weighted by Gasteiger charge is -2.09. The summed E-state index contributed by atoms with van der Waals surface area (Å²) in [5.41, 5.74) is 6.89. The minimum atomic E-state index is 0.626. The summed E-state index contributed by atoms with van der Waals surface area (Å²) in [5.74, 6) is 5.98. The van der Waals surface area contributed by atoms with Crippen molar-refractivity contribution in [1.82, 2.24) is 4.98 Å². The van der Waals surface area contributed by atoms with Crippen LogP contribution < -0.4 is 16.6 Å². The van der Waals surface area contributed by atoms with Crippen LogP contribution in [0, 0.1) is 0 Å². The van der Waals surface area contributed by atoms with Crippen molar-refractivity contribution in [2.75, 3.05) is 10.7 Å². The summed E-state index contributed by atoms with van der Waals surface area (Å²) in [6.07, 6.45) is 1.70. The summed E-state index contributed by atoms with van der Waals surface area (Å²) in [5, 5.41) is 3.32. The van der Waals surface area contributed by atoms with E-state index in [9.17, 15) is 0 Å². The quantitative estimate of drug-likeness (QED) is 0.501. The Hall–Kier alpha value is -2.85. The number of nitrogens with one attached hydrogen (secondary N) is 2. The Morgan fingerprint density at radius 2 is 1.48 bits per heavy atom. The zero-order chi connectivity index (χ0) is 14.5. The van der Waals surface area contributed by atoms with Crippen molar-refractivity contribution < 1.29 is 0 Å². The Bertz CT molecular complexity index is 708. The fourth-order valence-electron chi connectivity index (χ4n) is 2.13. The van der Waals surface area contributed by atoms with Crippen molar-refractivity contribution in [3.8, 4) is 11.1 Å². The summed E-state index contributed by atoms with van der Waals surface area (Å²) >= 11 is 0. The van der Waals surface area contributed by atoms with E-state index in [0.29, 0.717) is 5.82 Å². The van der Waals surface area contributed by atoms with Crippen LogP contribution in [0.25, 0.3) is 11.1 Å². The second-order valence-corrected chi connectivity index (χ2v) is 4.64. The zero-order valence-corrected chi connectivity index (χ0v) is 11.5. The molecule has 0 atom stereocenters. The molecule has 1 heterocycles. The molecule has 1 aromatic heterocycles. The highest BCUT2D eigenvalue weighted by Crippen LogP contribution is 2.23. The summed E-state index contributed by atoms with van der Waals surface area (Å²) in [7, 11) is 0. The van der Waals surface area contributed by atoms with Gasteiger partial charge in [-0.25, -0.2) is 10.8 Å². The maximum atomic E-state index is 5.36. The number of hydrogen-bond acceptors (Lipinski definition) is 4. The van der Waals surface area contributed by atoms with Gasteiger partial charge in [0.2, 0.25) is 0 Å². The van der Waals surface area contributed by atoms with E-state index < -0.39 is 0 Å². The van der Waals surface area contributed by atoms with E-state index in [0.717, 1.165) is 11.4 Å². The number of anilines is 3. The molecule has 3 aromatic rings. The number of hydrogen-bond donors (Lipinski definition) is 3. The normalized spacial score (nSPS) is 10.1. The first-order chi connectivity index (χ1) is 10.3. The van der Waals surface area contributed by atoms with Crippen molar-refractivity contribution >= 4 is 17.2 Å². The number of aromatic nitrogens is 1. The van der Waals surface area contributed by atoms with E-state index in [-0.39, 0.29) is 0 Å². The monoisotopic (exact) mass is 276 g/mol. The van der Waals surface area contributed by atoms with Gasteiger partial charge < -0.3 is 10.7 Å². The van der Waals surface area contributed by atoms with Gasteiger partial charge in [0.25, 0.3) is 0 Å². The molecule has 4 nitrogen and oxygen atoms in total. The Labute approximate surface area is 123 Å². The third kappa shape index (κ3) is 3.19. The third-order valence-corrected chi connectivity index (χ3v) is 3.19. The van der Waals surface area contributed by atoms with Gasteiger partial charge in [-0.05, 0) is 29.3 Å². The molecule has 2 aromatic carbocycles. The highest BCUT2D eigenvalue weighted by molar-refractivity contribution is 5.68. The molecule has 0 spiro atoms. The lowest BCUT2D eigenvalue weighted by atomic mass is 10.1. The molecule has 0 amide bonds. The van der Waals surface area contributed by atoms with Crippen molar-refractivity contribution in [2.24, 2.45) is 5.84 Å². The molecule has 0 aliphatic heterocycles. The molecule has 0 radical (unpaired) electrons. The number of hydrazine groups is 1. The first kappa shape index (κ1) is 13.1. The first-order valence-electron chi connectivity index (χ1n) is 6.70. The largest absolute Gasteiger partial charge is 0.355 e. The van der Waals surface area contributed by atoms with Crippen LogP contribution in [-0.4, -0.2) is 4.98 Å². The highest BCUT2D eigenvalue weighted by atomic mass is 15.2. The molecule has 0 saturated heterocycles. The van der Waals surface area contributed by atoms with E-state index in [1.807, 2.05) is 30.3 Å². The number of pyridine rings is 1. The number of nitrogens with zero attached hydrogens (tertiary/aromatic N) is 1. The minimum Gasteiger partial charge on any atom is -0.355 e. The van der Waals surface area contributed by atoms with E-state index in [4.69, 9.17) is 5.84 Å². The number of rotatable bonds is 4. The van der Waals surface area contributed by atoms with Crippen molar-refractivity contribution in [2.45, 2.75) is 0 Å². The van der Waals surface area contributed by atoms with E-state index in [1.54, 1.807) is 6.20 Å². The molecule has 104 valence electrons. The topological polar surface area (TPSA) is 63.0 Å². The van der Waals surface area contributed by atoms with Gasteiger partial charge in [-0.1, -0.05) is 42.5 Å². The molecule has 0 bridgehead atoms. The van der Waals surface area contributed by atoms with Crippen LogP contribution in [0.4, 0.5) is 17.2 Å². The first-order valence-corrected chi connectivity index (χ1v) is 6.70. The number of nitrogens with two attached hydrogens (primary N) is 1. The summed E-state index contributed by atoms with van der Waals surface area (Å²) in [4.78, 5) is 4.08. The Balaban J connectivity index is 1.78. The van der Waals surface area contributed by atoms with E-state index >= 15 is 0 Å². The third-order valence-electron chi connectivity index (χ3n) is 3.19. The molecule has 0 fully saturated rings. The minimum absolute atomic E-state index is 0.626.